The van der Waals surface area contributed by atoms with Crippen LogP contribution in [0.5, 0.6) is 0 Å². The van der Waals surface area contributed by atoms with Gasteiger partial charge < -0.3 is 0 Å². The van der Waals surface area contributed by atoms with Crippen molar-refractivity contribution in [1.29, 1.82) is 0 Å². The van der Waals surface area contributed by atoms with Gasteiger partial charge in [-0.2, -0.15) is 0 Å². The lowest BCUT2D eigenvalue weighted by Crippen LogP contribution is -1.85. The van der Waals surface area contributed by atoms with Crippen LogP contribution in [0, 0.1) is 0 Å². The minimum atomic E-state index is 1.27. The maximum Gasteiger partial charge on any atom is -0.0312 e. The summed E-state index contributed by atoms with van der Waals surface area (Å²) >= 11 is 0. The van der Waals surface area contributed by atoms with E-state index in [0.717, 1.165) is 0 Å². The highest BCUT2D eigenvalue weighted by Gasteiger charge is 2.01. The molecule has 62 valence electrons. The van der Waals surface area contributed by atoms with Crippen LogP contribution in [0.4, 0.5) is 0 Å². The molecule has 1 aliphatic carbocycles. The molecule has 0 nitrogen and oxygen atoms in total. The van der Waals surface area contributed by atoms with E-state index in [9.17, 15) is 0 Å². The summed E-state index contributed by atoms with van der Waals surface area (Å²) in [4.78, 5) is 0. The first-order valence-corrected chi connectivity index (χ1v) is 4.69. The van der Waals surface area contributed by atoms with Crippen LogP contribution in [0.3, 0.4) is 0 Å². The average molecular weight is 150 g/mol. The Balaban J connectivity index is 2.63. The fraction of sp³-hybridized carbons (Fsp3) is 0.636. The molecule has 0 aliphatic heterocycles. The first-order valence-electron chi connectivity index (χ1n) is 4.69. The molecule has 0 unspecified atom stereocenters. The first-order chi connectivity index (χ1) is 5.34. The largest absolute Gasteiger partial charge is 0.0843 e. The highest BCUT2D eigenvalue weighted by Crippen LogP contribution is 2.21. The standard InChI is InChI=1S/C11H18/c1-3-7-11-9-6-4-5-8-10(11)2/h5,8H,3-4,6-7,9H2,1-2H3. The summed E-state index contributed by atoms with van der Waals surface area (Å²) < 4.78 is 0. The number of hydrogen-bond donors (Lipinski definition) is 0. The van der Waals surface area contributed by atoms with Crippen molar-refractivity contribution in [3.05, 3.63) is 23.3 Å². The zero-order valence-corrected chi connectivity index (χ0v) is 7.69. The third kappa shape index (κ3) is 2.53. The van der Waals surface area contributed by atoms with Crippen molar-refractivity contribution in [3.8, 4) is 0 Å². The lowest BCUT2D eigenvalue weighted by molar-refractivity contribution is 0.771. The molecule has 1 aliphatic rings. The molecular formula is C11H18. The molecule has 0 N–H and O–H groups in total. The molecule has 0 spiro atoms. The van der Waals surface area contributed by atoms with Crippen LogP contribution in [-0.4, -0.2) is 0 Å². The van der Waals surface area contributed by atoms with Gasteiger partial charge in [0.25, 0.3) is 0 Å². The Hall–Kier alpha value is -0.520. The van der Waals surface area contributed by atoms with Gasteiger partial charge in [0.2, 0.25) is 0 Å². The van der Waals surface area contributed by atoms with E-state index in [1.165, 1.54) is 37.7 Å². The Labute approximate surface area is 70.0 Å². The van der Waals surface area contributed by atoms with Gasteiger partial charge in [0, 0.05) is 0 Å². The van der Waals surface area contributed by atoms with Gasteiger partial charge in [-0.3, -0.25) is 0 Å². The van der Waals surface area contributed by atoms with E-state index in [1.54, 1.807) is 5.57 Å². The predicted octanol–water partition coefficient (Wildman–Crippen LogP) is 3.84. The van der Waals surface area contributed by atoms with Crippen molar-refractivity contribution in [2.75, 3.05) is 0 Å². The Morgan fingerprint density at radius 2 is 2.27 bits per heavy atom. The molecule has 0 saturated heterocycles. The Bertz CT molecular complexity index is 168. The van der Waals surface area contributed by atoms with Gasteiger partial charge in [0.05, 0.1) is 0 Å². The number of allylic oxidation sites excluding steroid dienone is 4. The molecule has 0 atom stereocenters. The van der Waals surface area contributed by atoms with Crippen LogP contribution in [0.2, 0.25) is 0 Å². The van der Waals surface area contributed by atoms with E-state index in [0.29, 0.717) is 0 Å². The van der Waals surface area contributed by atoms with Crippen LogP contribution < -0.4 is 0 Å². The molecule has 1 rings (SSSR count). The van der Waals surface area contributed by atoms with E-state index in [1.807, 2.05) is 0 Å². The molecule has 0 amide bonds. The smallest absolute Gasteiger partial charge is 0.0312 e. The van der Waals surface area contributed by atoms with Crippen LogP contribution in [0.25, 0.3) is 0 Å². The molecule has 0 aromatic carbocycles. The normalized spacial score (nSPS) is 18.7. The van der Waals surface area contributed by atoms with Gasteiger partial charge in [-0.25, -0.2) is 0 Å². The van der Waals surface area contributed by atoms with E-state index in [-0.39, 0.29) is 0 Å². The predicted molar refractivity (Wildman–Crippen MR) is 50.6 cm³/mol. The Morgan fingerprint density at radius 1 is 1.45 bits per heavy atom. The molecule has 0 saturated carbocycles. The van der Waals surface area contributed by atoms with Crippen LogP contribution in [0.15, 0.2) is 23.3 Å². The van der Waals surface area contributed by atoms with Crippen molar-refractivity contribution in [1.82, 2.24) is 0 Å². The Morgan fingerprint density at radius 3 is 3.00 bits per heavy atom. The highest BCUT2D eigenvalue weighted by molar-refractivity contribution is 5.25. The molecule has 0 heteroatoms. The summed E-state index contributed by atoms with van der Waals surface area (Å²) in [5.74, 6) is 0. The molecule has 0 fully saturated rings. The van der Waals surface area contributed by atoms with Gasteiger partial charge in [-0.05, 0) is 32.6 Å². The van der Waals surface area contributed by atoms with Crippen molar-refractivity contribution in [3.63, 3.8) is 0 Å². The van der Waals surface area contributed by atoms with Gasteiger partial charge in [-0.1, -0.05) is 36.6 Å². The number of hydrogen-bond acceptors (Lipinski definition) is 0. The summed E-state index contributed by atoms with van der Waals surface area (Å²) in [6, 6.07) is 0. The third-order valence-corrected chi connectivity index (χ3v) is 2.33. The van der Waals surface area contributed by atoms with Crippen molar-refractivity contribution >= 4 is 0 Å². The Kier molecular flexibility index (Phi) is 3.41. The molecular weight excluding hydrogens is 132 g/mol. The zero-order valence-electron chi connectivity index (χ0n) is 7.69. The molecule has 0 aromatic rings. The van der Waals surface area contributed by atoms with Crippen molar-refractivity contribution in [2.24, 2.45) is 0 Å². The SMILES string of the molecule is CCCC1=C(C)C=CCCC1. The summed E-state index contributed by atoms with van der Waals surface area (Å²) in [6.45, 7) is 4.50. The maximum atomic E-state index is 2.30. The fourth-order valence-corrected chi connectivity index (χ4v) is 1.63. The van der Waals surface area contributed by atoms with Gasteiger partial charge in [-0.15, -0.1) is 0 Å². The fourth-order valence-electron chi connectivity index (χ4n) is 1.63. The lowest BCUT2D eigenvalue weighted by atomic mass is 10.0. The highest BCUT2D eigenvalue weighted by atomic mass is 14.1. The zero-order chi connectivity index (χ0) is 8.10. The van der Waals surface area contributed by atoms with Crippen molar-refractivity contribution in [2.45, 2.75) is 46.0 Å². The minimum Gasteiger partial charge on any atom is -0.0843 e. The topological polar surface area (TPSA) is 0 Å². The third-order valence-electron chi connectivity index (χ3n) is 2.33. The van der Waals surface area contributed by atoms with E-state index >= 15 is 0 Å². The molecule has 0 aromatic heterocycles. The monoisotopic (exact) mass is 150 g/mol. The lowest BCUT2D eigenvalue weighted by Gasteiger charge is -2.05. The minimum absolute atomic E-state index is 1.27. The van der Waals surface area contributed by atoms with Gasteiger partial charge >= 0.3 is 0 Å². The van der Waals surface area contributed by atoms with E-state index < -0.39 is 0 Å². The first kappa shape index (κ1) is 8.58. The second-order valence-electron chi connectivity index (χ2n) is 3.33. The second kappa shape index (κ2) is 4.38. The second-order valence-corrected chi connectivity index (χ2v) is 3.33. The van der Waals surface area contributed by atoms with Crippen molar-refractivity contribution < 1.29 is 0 Å². The average Bonchev–Trinajstić information content (AvgIpc) is 2.18. The van der Waals surface area contributed by atoms with Gasteiger partial charge in [0.15, 0.2) is 0 Å². The number of rotatable bonds is 2. The van der Waals surface area contributed by atoms with Crippen LogP contribution in [-0.2, 0) is 0 Å². The van der Waals surface area contributed by atoms with Crippen LogP contribution in [0.1, 0.15) is 46.0 Å². The van der Waals surface area contributed by atoms with E-state index in [4.69, 9.17) is 0 Å². The molecule has 11 heavy (non-hydrogen) atoms. The van der Waals surface area contributed by atoms with Gasteiger partial charge in [0.1, 0.15) is 0 Å². The maximum absolute atomic E-state index is 2.30. The quantitative estimate of drug-likeness (QED) is 0.561. The van der Waals surface area contributed by atoms with E-state index in [2.05, 4.69) is 26.0 Å². The summed E-state index contributed by atoms with van der Waals surface area (Å²) in [7, 11) is 0. The molecule has 0 heterocycles. The summed E-state index contributed by atoms with van der Waals surface area (Å²) in [6.07, 6.45) is 11.1. The molecule has 0 bridgehead atoms. The summed E-state index contributed by atoms with van der Waals surface area (Å²) in [5.41, 5.74) is 3.20. The molecule has 0 radical (unpaired) electrons. The van der Waals surface area contributed by atoms with Crippen LogP contribution >= 0.6 is 0 Å². The summed E-state index contributed by atoms with van der Waals surface area (Å²) in [5, 5.41) is 0.